The number of carboxylic acid groups (broad SMARTS) is 4. The molecule has 0 unspecified atom stereocenters. The number of carboxylic acids is 4. The Morgan fingerprint density at radius 1 is 0.462 bits per heavy atom. The van der Waals surface area contributed by atoms with Crippen LogP contribution in [0.3, 0.4) is 0 Å². The lowest BCUT2D eigenvalue weighted by molar-refractivity contribution is -0.145. The highest BCUT2D eigenvalue weighted by molar-refractivity contribution is 5.88. The summed E-state index contributed by atoms with van der Waals surface area (Å²) in [5.41, 5.74) is 0.203. The Morgan fingerprint density at radius 2 is 1.01 bits per heavy atom. The van der Waals surface area contributed by atoms with E-state index in [0.717, 1.165) is 44.9 Å². The normalized spacial score (nSPS) is 12.5. The van der Waals surface area contributed by atoms with E-state index in [9.17, 15) is 68.1 Å². The summed E-state index contributed by atoms with van der Waals surface area (Å²) in [5.74, 6) is -8.03. The van der Waals surface area contributed by atoms with E-state index >= 15 is 0 Å². The van der Waals surface area contributed by atoms with Crippen LogP contribution in [0.25, 0.3) is 0 Å². The Hall–Kier alpha value is -6.37. The van der Waals surface area contributed by atoms with Crippen molar-refractivity contribution >= 4 is 64.9 Å². The van der Waals surface area contributed by atoms with Gasteiger partial charge >= 0.3 is 23.9 Å². The lowest BCUT2D eigenvalue weighted by atomic mass is 9.97. The summed E-state index contributed by atoms with van der Waals surface area (Å²) in [5, 5.41) is 47.7. The first-order chi connectivity index (χ1) is 37.3. The number of benzene rings is 1. The molecule has 1 aromatic rings. The molecule has 78 heavy (non-hydrogen) atoms. The number of hydrogen-bond acceptors (Lipinski definition) is 16. The maximum atomic E-state index is 12.5. The molecule has 0 fully saturated rings. The van der Waals surface area contributed by atoms with E-state index in [1.54, 1.807) is 12.1 Å². The molecule has 4 atom stereocenters. The number of carbonyl (C=O) groups is 11. The minimum Gasteiger partial charge on any atom is -0.494 e. The van der Waals surface area contributed by atoms with Gasteiger partial charge < -0.3 is 65.4 Å². The van der Waals surface area contributed by atoms with E-state index in [0.29, 0.717) is 44.6 Å². The zero-order valence-electron chi connectivity index (χ0n) is 45.4. The number of rotatable bonds is 51. The van der Waals surface area contributed by atoms with Gasteiger partial charge in [-0.05, 0) is 82.6 Å². The number of ketones is 3. The molecule has 0 saturated heterocycles. The number of aromatic carboxylic acids is 1. The van der Waals surface area contributed by atoms with E-state index in [1.165, 1.54) is 19.1 Å². The van der Waals surface area contributed by atoms with Crippen LogP contribution in [-0.2, 0) is 66.9 Å². The van der Waals surface area contributed by atoms with Crippen LogP contribution < -0.4 is 26.0 Å². The van der Waals surface area contributed by atoms with Gasteiger partial charge in [0.1, 0.15) is 42.6 Å². The molecule has 0 aliphatic heterocycles. The number of hydrogen-bond donors (Lipinski definition) is 8. The molecule has 24 heteroatoms. The van der Waals surface area contributed by atoms with Crippen molar-refractivity contribution in [2.45, 2.75) is 154 Å². The molecule has 0 heterocycles. The van der Waals surface area contributed by atoms with Crippen LogP contribution >= 0.6 is 0 Å². The zero-order chi connectivity index (χ0) is 57.9. The van der Waals surface area contributed by atoms with Crippen LogP contribution in [0.1, 0.15) is 153 Å². The Balaban J connectivity index is 2.06. The predicted octanol–water partition coefficient (Wildman–Crippen LogP) is 4.07. The first-order valence-corrected chi connectivity index (χ1v) is 26.9. The maximum absolute atomic E-state index is 12.5. The molecule has 0 bridgehead atoms. The molecule has 0 saturated carbocycles. The average molecular weight is 1110 g/mol. The summed E-state index contributed by atoms with van der Waals surface area (Å²) >= 11 is 0. The van der Waals surface area contributed by atoms with Crippen molar-refractivity contribution in [3.63, 3.8) is 0 Å². The van der Waals surface area contributed by atoms with Crippen molar-refractivity contribution < 1.29 is 96.9 Å². The van der Waals surface area contributed by atoms with Gasteiger partial charge in [-0.1, -0.05) is 45.4 Å². The van der Waals surface area contributed by atoms with E-state index in [1.807, 2.05) is 6.92 Å². The summed E-state index contributed by atoms with van der Waals surface area (Å²) < 4.78 is 27.0. The highest BCUT2D eigenvalue weighted by Crippen LogP contribution is 2.16. The molecule has 0 aromatic heterocycles. The number of aliphatic carboxylic acids is 3. The van der Waals surface area contributed by atoms with Crippen molar-refractivity contribution in [2.75, 3.05) is 72.6 Å². The Bertz CT molecular complexity index is 2000. The Morgan fingerprint density at radius 3 is 1.63 bits per heavy atom. The molecule has 440 valence electrons. The molecule has 0 spiro atoms. The fourth-order valence-electron chi connectivity index (χ4n) is 7.43. The second kappa shape index (κ2) is 43.6. The lowest BCUT2D eigenvalue weighted by Crippen LogP contribution is -2.42. The third kappa shape index (κ3) is 37.4. The minimum absolute atomic E-state index is 0.000749. The third-order valence-corrected chi connectivity index (χ3v) is 12.2. The van der Waals surface area contributed by atoms with Gasteiger partial charge in [-0.3, -0.25) is 38.4 Å². The summed E-state index contributed by atoms with van der Waals surface area (Å²) in [7, 11) is 0. The number of nitrogens with one attached hydrogen (secondary N) is 4. The maximum Gasteiger partial charge on any atom is 0.335 e. The SMILES string of the molecule is CC(=O)[C@@H](C)CCCCNC(=O)CC[C@H](NC(=O)CC[C@H](CC(=O)COCCOCCNC(=O)COCCOCCCC(=O)CC[C@H](NC(=O)CCCCCCCCCOc1ccc(C(=O)O)cc1)C(=O)O)C(=O)O)C(=O)O. The number of carbonyl (C=O) groups excluding carboxylic acids is 7. The van der Waals surface area contributed by atoms with Crippen LogP contribution in [-0.4, -0.2) is 170 Å². The molecule has 0 radical (unpaired) electrons. The highest BCUT2D eigenvalue weighted by Gasteiger charge is 2.26. The molecule has 8 N–H and O–H groups in total. The van der Waals surface area contributed by atoms with E-state index < -0.39 is 78.4 Å². The van der Waals surface area contributed by atoms with Crippen LogP contribution in [0.2, 0.25) is 0 Å². The highest BCUT2D eigenvalue weighted by atomic mass is 16.5. The van der Waals surface area contributed by atoms with E-state index in [2.05, 4.69) is 21.3 Å². The second-order valence-corrected chi connectivity index (χ2v) is 18.9. The largest absolute Gasteiger partial charge is 0.494 e. The average Bonchev–Trinajstić information content (AvgIpc) is 3.39. The monoisotopic (exact) mass is 1110 g/mol. The topological polar surface area (TPSA) is 363 Å². The van der Waals surface area contributed by atoms with Crippen molar-refractivity contribution in [1.29, 1.82) is 0 Å². The van der Waals surface area contributed by atoms with Gasteiger partial charge in [0.25, 0.3) is 0 Å². The number of ether oxygens (including phenoxy) is 5. The van der Waals surface area contributed by atoms with E-state index in [4.69, 9.17) is 28.8 Å². The second-order valence-electron chi connectivity index (χ2n) is 18.9. The van der Waals surface area contributed by atoms with Crippen molar-refractivity contribution in [2.24, 2.45) is 11.8 Å². The van der Waals surface area contributed by atoms with Gasteiger partial charge in [-0.15, -0.1) is 0 Å². The number of unbranched alkanes of at least 4 members (excludes halogenated alkanes) is 7. The Labute approximate surface area is 456 Å². The van der Waals surface area contributed by atoms with Crippen LogP contribution in [0.5, 0.6) is 5.75 Å². The van der Waals surface area contributed by atoms with Crippen molar-refractivity contribution in [3.8, 4) is 5.75 Å². The van der Waals surface area contributed by atoms with Gasteiger partial charge in [0, 0.05) is 64.1 Å². The van der Waals surface area contributed by atoms with Crippen molar-refractivity contribution in [1.82, 2.24) is 21.3 Å². The standard InChI is InChI=1S/C54H84N4O20/c1-38(39(2)59)13-9-10-26-55-47(62)25-23-46(54(72)73)58-49(64)24-18-41(52(68)69)35-43(61)36-76-33-32-75-30-27-56-50(65)37-77-34-31-74-28-12-14-42(60)19-22-45(53(70)71)57-48(63)15-8-6-4-3-5-7-11-29-78-44-20-16-40(17-21-44)51(66)67/h16-17,20-21,38,41,45-46H,3-15,18-19,22-37H2,1-2H3,(H,55,62)(H,56,65)(H,57,63)(H,58,64)(H,66,67)(H,68,69)(H,70,71)(H,72,73)/t38-,41+,45-,46-/m0/s1. The summed E-state index contributed by atoms with van der Waals surface area (Å²) in [6.07, 6.45) is 7.65. The van der Waals surface area contributed by atoms with Crippen LogP contribution in [0, 0.1) is 11.8 Å². The van der Waals surface area contributed by atoms with Gasteiger partial charge in [0.15, 0.2) is 5.78 Å². The quantitative estimate of drug-likeness (QED) is 0.0426. The molecule has 4 amide bonds. The van der Waals surface area contributed by atoms with Crippen LogP contribution in [0.15, 0.2) is 24.3 Å². The number of Topliss-reactive ketones (excluding diaryl/α,β-unsaturated/α-hetero) is 3. The van der Waals surface area contributed by atoms with Crippen LogP contribution in [0.4, 0.5) is 0 Å². The molecular formula is C54H84N4O20. The van der Waals surface area contributed by atoms with Gasteiger partial charge in [0.2, 0.25) is 23.6 Å². The van der Waals surface area contributed by atoms with Gasteiger partial charge in [-0.2, -0.15) is 0 Å². The number of amides is 4. The zero-order valence-corrected chi connectivity index (χ0v) is 45.4. The first kappa shape index (κ1) is 69.6. The fraction of sp³-hybridized carbons (Fsp3) is 0.685. The van der Waals surface area contributed by atoms with E-state index in [-0.39, 0.29) is 133 Å². The predicted molar refractivity (Wildman–Crippen MR) is 281 cm³/mol. The Kier molecular flexibility index (Phi) is 38.9. The van der Waals surface area contributed by atoms with Gasteiger partial charge in [0.05, 0.1) is 51.1 Å². The summed E-state index contributed by atoms with van der Waals surface area (Å²) in [6.45, 7) is 4.50. The summed E-state index contributed by atoms with van der Waals surface area (Å²) in [6, 6.07) is 3.72. The summed E-state index contributed by atoms with van der Waals surface area (Å²) in [4.78, 5) is 131. The smallest absolute Gasteiger partial charge is 0.335 e. The molecular weight excluding hydrogens is 1020 g/mol. The third-order valence-electron chi connectivity index (χ3n) is 12.2. The molecule has 1 rings (SSSR count). The molecule has 1 aromatic carbocycles. The molecule has 24 nitrogen and oxygen atoms in total. The fourth-order valence-corrected chi connectivity index (χ4v) is 7.43. The molecule has 0 aliphatic carbocycles. The molecule has 0 aliphatic rings. The lowest BCUT2D eigenvalue weighted by Gasteiger charge is -2.16. The van der Waals surface area contributed by atoms with Crippen molar-refractivity contribution in [3.05, 3.63) is 29.8 Å². The first-order valence-electron chi connectivity index (χ1n) is 26.9. The minimum atomic E-state index is -1.38. The van der Waals surface area contributed by atoms with Gasteiger partial charge in [-0.25, -0.2) is 14.4 Å².